The maximum Gasteiger partial charge on any atom is 0.173 e. The Hall–Kier alpha value is -2.99. The first-order chi connectivity index (χ1) is 14.5. The van der Waals surface area contributed by atoms with Crippen molar-refractivity contribution in [3.8, 4) is 5.69 Å². The van der Waals surface area contributed by atoms with Crippen molar-refractivity contribution in [2.45, 2.75) is 47.1 Å². The number of fused-ring (bicyclic) bond motifs is 1. The Labute approximate surface area is 177 Å². The number of rotatable bonds is 7. The van der Waals surface area contributed by atoms with Crippen LogP contribution in [0.2, 0.25) is 0 Å². The number of nitrogens with zero attached hydrogens (tertiary/aromatic N) is 4. The van der Waals surface area contributed by atoms with Gasteiger partial charge in [-0.2, -0.15) is 4.68 Å². The summed E-state index contributed by atoms with van der Waals surface area (Å²) in [7, 11) is 0. The predicted octanol–water partition coefficient (Wildman–Crippen LogP) is 4.60. The average Bonchev–Trinajstić information content (AvgIpc) is 3.32. The monoisotopic (exact) mass is 402 g/mol. The molecule has 156 valence electrons. The standard InChI is InChI=1S/C24H30N6/c1-15(2)22(25-11-10-19-14-26-21-9-7-6-8-20(19)21)24-27-28-29-30(24)23-17(4)12-16(3)13-18(23)5/h6-9,12-15,22,25-26H,10-11H2,1-5H3/t22-/m0/s1. The molecule has 2 heterocycles. The van der Waals surface area contributed by atoms with Crippen LogP contribution in [-0.4, -0.2) is 31.7 Å². The molecular weight excluding hydrogens is 372 g/mol. The number of aryl methyl sites for hydroxylation is 3. The van der Waals surface area contributed by atoms with Crippen LogP contribution in [0.25, 0.3) is 16.6 Å². The summed E-state index contributed by atoms with van der Waals surface area (Å²) in [5, 5.41) is 17.8. The van der Waals surface area contributed by atoms with Crippen molar-refractivity contribution in [2.75, 3.05) is 6.54 Å². The molecule has 30 heavy (non-hydrogen) atoms. The molecule has 6 heteroatoms. The molecule has 0 unspecified atom stereocenters. The number of tetrazole rings is 1. The third kappa shape index (κ3) is 3.87. The Balaban J connectivity index is 1.57. The summed E-state index contributed by atoms with van der Waals surface area (Å²) in [6.07, 6.45) is 3.05. The van der Waals surface area contributed by atoms with Crippen molar-refractivity contribution in [1.82, 2.24) is 30.5 Å². The largest absolute Gasteiger partial charge is 0.361 e. The van der Waals surface area contributed by atoms with Gasteiger partial charge in [0, 0.05) is 17.1 Å². The lowest BCUT2D eigenvalue weighted by molar-refractivity contribution is 0.390. The zero-order chi connectivity index (χ0) is 21.3. The van der Waals surface area contributed by atoms with E-state index in [-0.39, 0.29) is 6.04 Å². The highest BCUT2D eigenvalue weighted by Crippen LogP contribution is 2.26. The maximum absolute atomic E-state index is 4.42. The van der Waals surface area contributed by atoms with Crippen molar-refractivity contribution >= 4 is 10.9 Å². The molecule has 6 nitrogen and oxygen atoms in total. The van der Waals surface area contributed by atoms with Gasteiger partial charge in [-0.05, 0) is 72.8 Å². The van der Waals surface area contributed by atoms with Crippen LogP contribution in [0.1, 0.15) is 48.0 Å². The van der Waals surface area contributed by atoms with E-state index in [0.717, 1.165) is 24.5 Å². The zero-order valence-corrected chi connectivity index (χ0v) is 18.4. The van der Waals surface area contributed by atoms with E-state index in [1.54, 1.807) is 0 Å². The lowest BCUT2D eigenvalue weighted by Crippen LogP contribution is -2.30. The highest BCUT2D eigenvalue weighted by Gasteiger charge is 2.24. The lowest BCUT2D eigenvalue weighted by Gasteiger charge is -2.22. The molecule has 0 saturated heterocycles. The Bertz CT molecular complexity index is 1130. The van der Waals surface area contributed by atoms with Gasteiger partial charge in [0.05, 0.1) is 11.7 Å². The van der Waals surface area contributed by atoms with Gasteiger partial charge >= 0.3 is 0 Å². The van der Waals surface area contributed by atoms with Gasteiger partial charge in [0.15, 0.2) is 5.82 Å². The van der Waals surface area contributed by atoms with Gasteiger partial charge in [0.2, 0.25) is 0 Å². The smallest absolute Gasteiger partial charge is 0.173 e. The van der Waals surface area contributed by atoms with Gasteiger partial charge in [-0.3, -0.25) is 0 Å². The Kier molecular flexibility index (Phi) is 5.68. The van der Waals surface area contributed by atoms with Gasteiger partial charge < -0.3 is 10.3 Å². The summed E-state index contributed by atoms with van der Waals surface area (Å²) in [6, 6.07) is 12.9. The van der Waals surface area contributed by atoms with Crippen molar-refractivity contribution in [1.29, 1.82) is 0 Å². The third-order valence-electron chi connectivity index (χ3n) is 5.72. The first kappa shape index (κ1) is 20.3. The molecule has 0 fully saturated rings. The molecule has 4 rings (SSSR count). The summed E-state index contributed by atoms with van der Waals surface area (Å²) >= 11 is 0. The van der Waals surface area contributed by atoms with Crippen LogP contribution >= 0.6 is 0 Å². The summed E-state index contributed by atoms with van der Waals surface area (Å²) in [5.74, 6) is 1.21. The van der Waals surface area contributed by atoms with Crippen LogP contribution in [0, 0.1) is 26.7 Å². The third-order valence-corrected chi connectivity index (χ3v) is 5.72. The van der Waals surface area contributed by atoms with E-state index in [0.29, 0.717) is 5.92 Å². The summed E-state index contributed by atoms with van der Waals surface area (Å²) in [4.78, 5) is 3.36. The van der Waals surface area contributed by atoms with Crippen LogP contribution in [0.15, 0.2) is 42.6 Å². The van der Waals surface area contributed by atoms with E-state index in [1.807, 2.05) is 4.68 Å². The number of H-pyrrole nitrogens is 1. The molecule has 0 aliphatic heterocycles. The Morgan fingerprint density at radius 2 is 1.80 bits per heavy atom. The minimum absolute atomic E-state index is 0.0605. The minimum atomic E-state index is 0.0605. The second-order valence-corrected chi connectivity index (χ2v) is 8.48. The quantitative estimate of drug-likeness (QED) is 0.474. The number of para-hydroxylation sites is 1. The van der Waals surface area contributed by atoms with E-state index in [1.165, 1.54) is 33.2 Å². The molecule has 0 aliphatic carbocycles. The molecule has 0 aliphatic rings. The minimum Gasteiger partial charge on any atom is -0.361 e. The van der Waals surface area contributed by atoms with E-state index in [2.05, 4.69) is 103 Å². The molecule has 2 N–H and O–H groups in total. The van der Waals surface area contributed by atoms with E-state index >= 15 is 0 Å². The number of benzene rings is 2. The highest BCUT2D eigenvalue weighted by atomic mass is 15.5. The lowest BCUT2D eigenvalue weighted by atomic mass is 10.0. The summed E-state index contributed by atoms with van der Waals surface area (Å²) < 4.78 is 1.91. The Morgan fingerprint density at radius 1 is 1.07 bits per heavy atom. The van der Waals surface area contributed by atoms with Gasteiger partial charge in [-0.25, -0.2) is 0 Å². The first-order valence-corrected chi connectivity index (χ1v) is 10.6. The van der Waals surface area contributed by atoms with Crippen molar-refractivity contribution in [2.24, 2.45) is 5.92 Å². The van der Waals surface area contributed by atoms with E-state index in [4.69, 9.17) is 0 Å². The van der Waals surface area contributed by atoms with Crippen LogP contribution in [0.3, 0.4) is 0 Å². The fourth-order valence-corrected chi connectivity index (χ4v) is 4.38. The molecule has 2 aromatic carbocycles. The molecule has 2 aromatic heterocycles. The number of hydrogen-bond donors (Lipinski definition) is 2. The zero-order valence-electron chi connectivity index (χ0n) is 18.4. The highest BCUT2D eigenvalue weighted by molar-refractivity contribution is 5.83. The molecular formula is C24H30N6. The second-order valence-electron chi connectivity index (χ2n) is 8.48. The molecule has 0 spiro atoms. The predicted molar refractivity (Wildman–Crippen MR) is 121 cm³/mol. The van der Waals surface area contributed by atoms with E-state index < -0.39 is 0 Å². The van der Waals surface area contributed by atoms with Crippen molar-refractivity contribution in [3.05, 3.63) is 70.7 Å². The fourth-order valence-electron chi connectivity index (χ4n) is 4.38. The van der Waals surface area contributed by atoms with Crippen LogP contribution in [0.4, 0.5) is 0 Å². The number of hydrogen-bond acceptors (Lipinski definition) is 4. The molecule has 0 bridgehead atoms. The van der Waals surface area contributed by atoms with Gasteiger partial charge in [-0.1, -0.05) is 49.7 Å². The van der Waals surface area contributed by atoms with Crippen molar-refractivity contribution < 1.29 is 0 Å². The number of nitrogens with one attached hydrogen (secondary N) is 2. The second kappa shape index (κ2) is 8.40. The number of aromatic amines is 1. The van der Waals surface area contributed by atoms with Crippen molar-refractivity contribution in [3.63, 3.8) is 0 Å². The average molecular weight is 403 g/mol. The van der Waals surface area contributed by atoms with Gasteiger partial charge in [0.1, 0.15) is 0 Å². The fraction of sp³-hybridized carbons (Fsp3) is 0.375. The van der Waals surface area contributed by atoms with Crippen LogP contribution < -0.4 is 5.32 Å². The summed E-state index contributed by atoms with van der Waals surface area (Å²) in [6.45, 7) is 11.6. The first-order valence-electron chi connectivity index (χ1n) is 10.6. The molecule has 0 radical (unpaired) electrons. The molecule has 4 aromatic rings. The van der Waals surface area contributed by atoms with E-state index in [9.17, 15) is 0 Å². The van der Waals surface area contributed by atoms with Gasteiger partial charge in [0.25, 0.3) is 0 Å². The molecule has 0 amide bonds. The maximum atomic E-state index is 4.42. The molecule has 0 saturated carbocycles. The Morgan fingerprint density at radius 3 is 2.53 bits per heavy atom. The molecule has 1 atom stereocenters. The van der Waals surface area contributed by atoms with Gasteiger partial charge in [-0.15, -0.1) is 5.10 Å². The number of aromatic nitrogens is 5. The summed E-state index contributed by atoms with van der Waals surface area (Å²) in [5.41, 5.74) is 7.20. The van der Waals surface area contributed by atoms with Crippen LogP contribution in [-0.2, 0) is 6.42 Å². The normalized spacial score (nSPS) is 12.7. The topological polar surface area (TPSA) is 71.4 Å². The SMILES string of the molecule is Cc1cc(C)c(-n2nnnc2[C@@H](NCCc2c[nH]c3ccccc23)C(C)C)c(C)c1. The van der Waals surface area contributed by atoms with Crippen LogP contribution in [0.5, 0.6) is 0 Å².